The van der Waals surface area contributed by atoms with Crippen molar-refractivity contribution in [3.8, 4) is 0 Å². The van der Waals surface area contributed by atoms with Crippen LogP contribution in [0.5, 0.6) is 0 Å². The number of rotatable bonds is 5. The van der Waals surface area contributed by atoms with Crippen molar-refractivity contribution >= 4 is 17.3 Å². The molecule has 1 saturated carbocycles. The SMILES string of the molecule is CC(C)[C@@H](SC1CCCCC1)[C@@H](C)[n+]1cc2ccccn2c1. The standard InChI is InChI=1S/C19H29N2S/c1-15(2)19(22-18-10-5-4-6-11-18)16(3)21-13-17-9-7-8-12-20(17)14-21/h7-9,12-16,18-19H,4-6,10-11H2,1-3H3/q+1/t16-,19-/m1/s1. The van der Waals surface area contributed by atoms with E-state index in [1.165, 1.54) is 37.6 Å². The molecular weight excluding hydrogens is 288 g/mol. The van der Waals surface area contributed by atoms with Gasteiger partial charge in [-0.15, -0.1) is 0 Å². The second-order valence-corrected chi connectivity index (χ2v) is 8.55. The normalized spacial score (nSPS) is 19.6. The summed E-state index contributed by atoms with van der Waals surface area (Å²) in [7, 11) is 0. The highest BCUT2D eigenvalue weighted by Gasteiger charge is 2.30. The molecule has 0 amide bonds. The Morgan fingerprint density at radius 2 is 1.91 bits per heavy atom. The number of imidazole rings is 1. The topological polar surface area (TPSA) is 8.29 Å². The van der Waals surface area contributed by atoms with Crippen LogP contribution in [0.4, 0.5) is 0 Å². The second kappa shape index (κ2) is 7.08. The van der Waals surface area contributed by atoms with Crippen LogP contribution in [0, 0.1) is 5.92 Å². The molecule has 0 spiro atoms. The van der Waals surface area contributed by atoms with E-state index in [2.05, 4.69) is 78.4 Å². The molecule has 0 aromatic carbocycles. The first-order valence-electron chi connectivity index (χ1n) is 8.78. The van der Waals surface area contributed by atoms with Crippen molar-refractivity contribution in [1.82, 2.24) is 4.40 Å². The molecule has 0 saturated heterocycles. The van der Waals surface area contributed by atoms with Crippen molar-refractivity contribution in [2.75, 3.05) is 0 Å². The summed E-state index contributed by atoms with van der Waals surface area (Å²) in [6.07, 6.45) is 13.8. The first-order valence-corrected chi connectivity index (χ1v) is 9.72. The molecule has 3 heteroatoms. The Balaban J connectivity index is 1.77. The van der Waals surface area contributed by atoms with Gasteiger partial charge in [0, 0.05) is 10.5 Å². The van der Waals surface area contributed by atoms with E-state index in [4.69, 9.17) is 0 Å². The number of nitrogens with zero attached hydrogens (tertiary/aromatic N) is 2. The minimum absolute atomic E-state index is 0.534. The zero-order valence-corrected chi connectivity index (χ0v) is 14.9. The van der Waals surface area contributed by atoms with E-state index in [1.807, 2.05) is 0 Å². The van der Waals surface area contributed by atoms with Crippen LogP contribution in [0.15, 0.2) is 36.9 Å². The minimum Gasteiger partial charge on any atom is -0.232 e. The fourth-order valence-electron chi connectivity index (χ4n) is 3.66. The average Bonchev–Trinajstić information content (AvgIpc) is 2.97. The first-order chi connectivity index (χ1) is 10.6. The number of hydrogen-bond donors (Lipinski definition) is 0. The molecule has 2 heterocycles. The van der Waals surface area contributed by atoms with Gasteiger partial charge in [-0.3, -0.25) is 0 Å². The van der Waals surface area contributed by atoms with E-state index in [0.29, 0.717) is 17.2 Å². The largest absolute Gasteiger partial charge is 0.249 e. The van der Waals surface area contributed by atoms with E-state index in [1.54, 1.807) is 0 Å². The number of pyridine rings is 1. The van der Waals surface area contributed by atoms with Crippen LogP contribution < -0.4 is 4.57 Å². The van der Waals surface area contributed by atoms with Crippen molar-refractivity contribution in [3.05, 3.63) is 36.9 Å². The lowest BCUT2D eigenvalue weighted by molar-refractivity contribution is -0.718. The molecule has 22 heavy (non-hydrogen) atoms. The molecule has 3 rings (SSSR count). The molecule has 2 aromatic rings. The van der Waals surface area contributed by atoms with Gasteiger partial charge in [0.1, 0.15) is 12.2 Å². The third-order valence-corrected chi connectivity index (χ3v) is 7.08. The van der Waals surface area contributed by atoms with Crippen LogP contribution >= 0.6 is 11.8 Å². The molecule has 0 unspecified atom stereocenters. The van der Waals surface area contributed by atoms with Gasteiger partial charge in [-0.05, 0) is 37.8 Å². The molecule has 2 nitrogen and oxygen atoms in total. The van der Waals surface area contributed by atoms with E-state index in [-0.39, 0.29) is 0 Å². The Bertz CT molecular complexity index is 565. The zero-order chi connectivity index (χ0) is 15.5. The van der Waals surface area contributed by atoms with E-state index < -0.39 is 0 Å². The smallest absolute Gasteiger partial charge is 0.232 e. The van der Waals surface area contributed by atoms with E-state index >= 15 is 0 Å². The van der Waals surface area contributed by atoms with Crippen LogP contribution in [0.25, 0.3) is 5.52 Å². The predicted molar refractivity (Wildman–Crippen MR) is 95.4 cm³/mol. The summed E-state index contributed by atoms with van der Waals surface area (Å²) < 4.78 is 4.63. The Morgan fingerprint density at radius 1 is 1.14 bits per heavy atom. The highest BCUT2D eigenvalue weighted by molar-refractivity contribution is 8.00. The summed E-state index contributed by atoms with van der Waals surface area (Å²) in [5.41, 5.74) is 1.28. The number of hydrogen-bond acceptors (Lipinski definition) is 1. The van der Waals surface area contributed by atoms with Crippen molar-refractivity contribution in [2.24, 2.45) is 5.92 Å². The maximum Gasteiger partial charge on any atom is 0.249 e. The summed E-state index contributed by atoms with van der Waals surface area (Å²) >= 11 is 2.26. The van der Waals surface area contributed by atoms with Gasteiger partial charge in [0.2, 0.25) is 6.33 Å². The Labute approximate surface area is 138 Å². The van der Waals surface area contributed by atoms with Crippen LogP contribution in [-0.4, -0.2) is 14.9 Å². The summed E-state index contributed by atoms with van der Waals surface area (Å²) in [4.78, 5) is 0. The fraction of sp³-hybridized carbons (Fsp3) is 0.632. The minimum atomic E-state index is 0.534. The molecule has 0 bridgehead atoms. The lowest BCUT2D eigenvalue weighted by Crippen LogP contribution is -2.44. The average molecular weight is 318 g/mol. The van der Waals surface area contributed by atoms with Crippen LogP contribution in [0.3, 0.4) is 0 Å². The van der Waals surface area contributed by atoms with Gasteiger partial charge in [0.15, 0.2) is 5.52 Å². The molecule has 1 fully saturated rings. The highest BCUT2D eigenvalue weighted by atomic mass is 32.2. The lowest BCUT2D eigenvalue weighted by Gasteiger charge is -2.30. The monoisotopic (exact) mass is 317 g/mol. The molecular formula is C19H29N2S+. The van der Waals surface area contributed by atoms with Gasteiger partial charge in [0.05, 0.1) is 6.20 Å². The fourth-order valence-corrected chi connectivity index (χ4v) is 5.39. The molecule has 120 valence electrons. The molecule has 0 N–H and O–H groups in total. The van der Waals surface area contributed by atoms with Crippen LogP contribution in [0.2, 0.25) is 0 Å². The molecule has 1 aliphatic rings. The Kier molecular flexibility index (Phi) is 5.12. The Hall–Kier alpha value is -0.960. The third kappa shape index (κ3) is 3.51. The number of aromatic nitrogens is 2. The van der Waals surface area contributed by atoms with Gasteiger partial charge in [-0.1, -0.05) is 39.2 Å². The molecule has 0 aliphatic heterocycles. The molecule has 2 aromatic heterocycles. The maximum absolute atomic E-state index is 2.41. The quantitative estimate of drug-likeness (QED) is 0.714. The van der Waals surface area contributed by atoms with Crippen LogP contribution in [-0.2, 0) is 0 Å². The zero-order valence-electron chi connectivity index (χ0n) is 14.1. The van der Waals surface area contributed by atoms with Gasteiger partial charge < -0.3 is 0 Å². The summed E-state index contributed by atoms with van der Waals surface area (Å²) in [6, 6.07) is 6.92. The third-order valence-electron chi connectivity index (χ3n) is 4.97. The Morgan fingerprint density at radius 3 is 2.59 bits per heavy atom. The van der Waals surface area contributed by atoms with Crippen molar-refractivity contribution in [3.63, 3.8) is 0 Å². The van der Waals surface area contributed by atoms with Crippen LogP contribution in [0.1, 0.15) is 58.9 Å². The summed E-state index contributed by atoms with van der Waals surface area (Å²) in [5.74, 6) is 0.706. The number of fused-ring (bicyclic) bond motifs is 1. The second-order valence-electron chi connectivity index (χ2n) is 7.07. The van der Waals surface area contributed by atoms with Crippen molar-refractivity contribution in [1.29, 1.82) is 0 Å². The predicted octanol–water partition coefficient (Wildman–Crippen LogP) is 4.88. The van der Waals surface area contributed by atoms with Gasteiger partial charge >= 0.3 is 0 Å². The van der Waals surface area contributed by atoms with Gasteiger partial charge in [0.25, 0.3) is 0 Å². The maximum atomic E-state index is 2.41. The van der Waals surface area contributed by atoms with Crippen molar-refractivity contribution < 1.29 is 4.57 Å². The number of thioether (sulfide) groups is 1. The first kappa shape index (κ1) is 15.9. The highest BCUT2D eigenvalue weighted by Crippen LogP contribution is 2.37. The molecule has 1 aliphatic carbocycles. The van der Waals surface area contributed by atoms with Gasteiger partial charge in [-0.2, -0.15) is 11.8 Å². The van der Waals surface area contributed by atoms with Crippen molar-refractivity contribution in [2.45, 2.75) is 69.4 Å². The lowest BCUT2D eigenvalue weighted by atomic mass is 10.0. The van der Waals surface area contributed by atoms with E-state index in [0.717, 1.165) is 5.25 Å². The summed E-state index contributed by atoms with van der Waals surface area (Å²) in [5, 5.41) is 1.56. The van der Waals surface area contributed by atoms with E-state index in [9.17, 15) is 0 Å². The summed E-state index contributed by atoms with van der Waals surface area (Å²) in [6.45, 7) is 7.15. The van der Waals surface area contributed by atoms with Gasteiger partial charge in [-0.25, -0.2) is 8.97 Å². The molecule has 0 radical (unpaired) electrons. The molecule has 2 atom stereocenters.